The van der Waals surface area contributed by atoms with Gasteiger partial charge in [0.2, 0.25) is 0 Å². The van der Waals surface area contributed by atoms with Gasteiger partial charge in [0.15, 0.2) is 6.10 Å². The van der Waals surface area contributed by atoms with Gasteiger partial charge in [-0.3, -0.25) is 14.5 Å². The number of esters is 2. The Balaban J connectivity index is 0.00000240. The lowest BCUT2D eigenvalue weighted by Gasteiger charge is -2.62. The summed E-state index contributed by atoms with van der Waals surface area (Å²) < 4.78 is 14.1. The number of ether oxygens (including phenoxy) is 2. The van der Waals surface area contributed by atoms with Gasteiger partial charge in [0.25, 0.3) is 0 Å². The molecule has 2 heterocycles. The number of fused-ring (bicyclic) bond motifs is 5. The highest BCUT2D eigenvalue weighted by Crippen LogP contribution is 2.67. The van der Waals surface area contributed by atoms with Crippen LogP contribution in [0.15, 0.2) is 0 Å². The molecular formula is C38H67BrN2O5. The molecule has 2 aliphatic heterocycles. The van der Waals surface area contributed by atoms with Gasteiger partial charge < -0.3 is 36.4 Å². The van der Waals surface area contributed by atoms with Gasteiger partial charge in [-0.1, -0.05) is 48.0 Å². The van der Waals surface area contributed by atoms with E-state index in [1.807, 2.05) is 27.7 Å². The Labute approximate surface area is 290 Å². The van der Waals surface area contributed by atoms with E-state index < -0.39 is 0 Å². The molecule has 2 N–H and O–H groups in total. The van der Waals surface area contributed by atoms with Gasteiger partial charge in [0.1, 0.15) is 12.1 Å². The van der Waals surface area contributed by atoms with Gasteiger partial charge >= 0.3 is 11.9 Å². The van der Waals surface area contributed by atoms with Gasteiger partial charge in [0.05, 0.1) is 32.0 Å². The predicted molar refractivity (Wildman–Crippen MR) is 178 cm³/mol. The van der Waals surface area contributed by atoms with Crippen molar-refractivity contribution in [2.45, 2.75) is 149 Å². The molecule has 0 aromatic carbocycles. The second kappa shape index (κ2) is 14.6. The van der Waals surface area contributed by atoms with Crippen LogP contribution in [0, 0.1) is 46.3 Å². The lowest BCUT2D eigenvalue weighted by molar-refractivity contribution is -0.940. The summed E-state index contributed by atoms with van der Waals surface area (Å²) >= 11 is 0. The fourth-order valence-corrected chi connectivity index (χ4v) is 11.9. The first-order valence-electron chi connectivity index (χ1n) is 18.9. The third-order valence-corrected chi connectivity index (χ3v) is 14.5. The van der Waals surface area contributed by atoms with Crippen molar-refractivity contribution in [2.24, 2.45) is 46.3 Å². The van der Waals surface area contributed by atoms with Crippen molar-refractivity contribution in [1.82, 2.24) is 4.90 Å². The van der Waals surface area contributed by atoms with Crippen molar-refractivity contribution in [3.63, 3.8) is 0 Å². The largest absolute Gasteiger partial charge is 1.00 e. The standard InChI is InChI=1S/C38H65N2O4.BrH.H2O/c1-25(2)35(41)43-33-22-27-14-15-28-29(38(27,6)24-31(33)39-18-10-8-11-19-39)16-17-37(5)30(28)23-32(34(37)44-36(42)26(3)4)40(7)20-12-9-13-21-40;;/h25-34H,8-24H2,1-7H3;1H;1H2/q+1;;/p-1/t27-,28?,29?,30?,31-,32-,33-,34-,37-,38-;;/m0../s1. The summed E-state index contributed by atoms with van der Waals surface area (Å²) in [4.78, 5) is 28.9. The van der Waals surface area contributed by atoms with E-state index in [0.29, 0.717) is 35.8 Å². The summed E-state index contributed by atoms with van der Waals surface area (Å²) in [7, 11) is 2.49. The highest BCUT2D eigenvalue weighted by molar-refractivity contribution is 5.72. The number of halogens is 1. The lowest BCUT2D eigenvalue weighted by Crippen LogP contribution is -3.00. The van der Waals surface area contributed by atoms with Crippen molar-refractivity contribution in [3.8, 4) is 0 Å². The maximum absolute atomic E-state index is 13.2. The third kappa shape index (κ3) is 6.73. The van der Waals surface area contributed by atoms with Crippen molar-refractivity contribution in [3.05, 3.63) is 0 Å². The number of hydrogen-bond donors (Lipinski definition) is 0. The van der Waals surface area contributed by atoms with Crippen LogP contribution in [0.4, 0.5) is 0 Å². The summed E-state index contributed by atoms with van der Waals surface area (Å²) in [5, 5.41) is 0. The molecule has 6 rings (SSSR count). The quantitative estimate of drug-likeness (QED) is 0.312. The van der Waals surface area contributed by atoms with Crippen LogP contribution in [0.1, 0.15) is 125 Å². The van der Waals surface area contributed by atoms with Crippen LogP contribution in [-0.4, -0.2) is 84.3 Å². The van der Waals surface area contributed by atoms with Crippen molar-refractivity contribution in [2.75, 3.05) is 33.2 Å². The minimum Gasteiger partial charge on any atom is -1.00 e. The van der Waals surface area contributed by atoms with E-state index in [-0.39, 0.29) is 69.3 Å². The summed E-state index contributed by atoms with van der Waals surface area (Å²) in [5.41, 5.74) is 0.341. The minimum atomic E-state index is -0.0812. The van der Waals surface area contributed by atoms with Crippen LogP contribution in [0.2, 0.25) is 0 Å². The van der Waals surface area contributed by atoms with Gasteiger partial charge in [-0.25, -0.2) is 0 Å². The van der Waals surface area contributed by atoms with Crippen LogP contribution < -0.4 is 17.0 Å². The number of piperidine rings is 2. The van der Waals surface area contributed by atoms with Crippen LogP contribution in [0.25, 0.3) is 0 Å². The number of nitrogens with zero attached hydrogens (tertiary/aromatic N) is 2. The summed E-state index contributed by atoms with van der Waals surface area (Å²) in [6.45, 7) is 17.9. The van der Waals surface area contributed by atoms with E-state index in [9.17, 15) is 9.59 Å². The fourth-order valence-electron chi connectivity index (χ4n) is 11.9. The molecule has 266 valence electrons. The van der Waals surface area contributed by atoms with Crippen molar-refractivity contribution in [1.29, 1.82) is 0 Å². The molecule has 0 aromatic heterocycles. The molecule has 0 amide bonds. The van der Waals surface area contributed by atoms with Gasteiger partial charge in [-0.2, -0.15) is 0 Å². The molecule has 0 radical (unpaired) electrons. The molecule has 3 unspecified atom stereocenters. The SMILES string of the molecule is CC(C)C(=O)O[C@H]1C[C@@H]2CCC3C4C[C@H]([N+]5(C)CCCCC5)[C@H](OC(=O)C(C)C)[C@@]4(C)CCC3[C@@]2(C)C[C@@H]1N1CCCCC1.O.[Br-]. The Morgan fingerprint density at radius 2 is 1.39 bits per heavy atom. The highest BCUT2D eigenvalue weighted by atomic mass is 79.9. The van der Waals surface area contributed by atoms with E-state index in [1.54, 1.807) is 0 Å². The number of likely N-dealkylation sites (N-methyl/N-ethyl adjacent to an activating group) is 1. The number of rotatable bonds is 6. The van der Waals surface area contributed by atoms with E-state index in [4.69, 9.17) is 9.47 Å². The van der Waals surface area contributed by atoms with Crippen LogP contribution in [0.3, 0.4) is 0 Å². The third-order valence-electron chi connectivity index (χ3n) is 14.5. The first-order chi connectivity index (χ1) is 20.9. The maximum atomic E-state index is 13.2. The molecule has 6 fully saturated rings. The number of likely N-dealkylation sites (tertiary alicyclic amines) is 2. The fraction of sp³-hybridized carbons (Fsp3) is 0.947. The normalized spacial score (nSPS) is 42.1. The smallest absolute Gasteiger partial charge is 0.308 e. The molecule has 0 bridgehead atoms. The summed E-state index contributed by atoms with van der Waals surface area (Å²) in [6, 6.07) is 0.768. The maximum Gasteiger partial charge on any atom is 0.308 e. The van der Waals surface area contributed by atoms with E-state index >= 15 is 0 Å². The Kier molecular flexibility index (Phi) is 12.1. The molecule has 46 heavy (non-hydrogen) atoms. The van der Waals surface area contributed by atoms with Gasteiger partial charge in [-0.15, -0.1) is 0 Å². The van der Waals surface area contributed by atoms with Crippen molar-refractivity contribution < 1.29 is 46.0 Å². The van der Waals surface area contributed by atoms with Crippen LogP contribution in [-0.2, 0) is 19.1 Å². The molecule has 0 spiro atoms. The second-order valence-corrected chi connectivity index (χ2v) is 17.7. The lowest BCUT2D eigenvalue weighted by atomic mass is 9.44. The number of quaternary nitrogens is 1. The van der Waals surface area contributed by atoms with Crippen LogP contribution in [0.5, 0.6) is 0 Å². The Bertz CT molecular complexity index is 1060. The molecule has 0 aromatic rings. The molecule has 2 saturated heterocycles. The van der Waals surface area contributed by atoms with E-state index in [0.717, 1.165) is 24.0 Å². The summed E-state index contributed by atoms with van der Waals surface area (Å²) in [5.74, 6) is 2.48. The van der Waals surface area contributed by atoms with Crippen LogP contribution >= 0.6 is 0 Å². The minimum absolute atomic E-state index is 0. The monoisotopic (exact) mass is 710 g/mol. The second-order valence-electron chi connectivity index (χ2n) is 17.7. The first-order valence-corrected chi connectivity index (χ1v) is 18.9. The average Bonchev–Trinajstić information content (AvgIpc) is 3.30. The zero-order chi connectivity index (χ0) is 31.4. The Morgan fingerprint density at radius 1 is 0.783 bits per heavy atom. The Morgan fingerprint density at radius 3 is 2.02 bits per heavy atom. The molecule has 4 saturated carbocycles. The molecule has 7 nitrogen and oxygen atoms in total. The molecule has 6 aliphatic rings. The Hall–Kier alpha value is -0.700. The number of hydrogen-bond acceptors (Lipinski definition) is 5. The van der Waals surface area contributed by atoms with E-state index in [2.05, 4.69) is 25.8 Å². The molecular weight excluding hydrogens is 644 g/mol. The average molecular weight is 712 g/mol. The molecule has 8 heteroatoms. The van der Waals surface area contributed by atoms with E-state index in [1.165, 1.54) is 90.1 Å². The number of carbonyl (C=O) groups excluding carboxylic acids is 2. The van der Waals surface area contributed by atoms with Crippen molar-refractivity contribution >= 4 is 11.9 Å². The van der Waals surface area contributed by atoms with Gasteiger partial charge in [0, 0.05) is 17.9 Å². The number of carbonyl (C=O) groups is 2. The zero-order valence-corrected chi connectivity index (χ0v) is 31.8. The first kappa shape index (κ1) is 38.1. The molecule has 4 aliphatic carbocycles. The topological polar surface area (TPSA) is 87.3 Å². The molecule has 10 atom stereocenters. The predicted octanol–water partition coefficient (Wildman–Crippen LogP) is 3.42. The highest BCUT2D eigenvalue weighted by Gasteiger charge is 2.67. The van der Waals surface area contributed by atoms with Gasteiger partial charge in [-0.05, 0) is 113 Å². The summed E-state index contributed by atoms with van der Waals surface area (Å²) in [6.07, 6.45) is 16.2. The zero-order valence-electron chi connectivity index (χ0n) is 30.2.